The Morgan fingerprint density at radius 3 is 1.86 bits per heavy atom. The summed E-state index contributed by atoms with van der Waals surface area (Å²) in [5, 5.41) is 0. The number of hydrogen-bond donors (Lipinski definition) is 0. The van der Waals surface area contributed by atoms with Crippen LogP contribution in [0.15, 0.2) is 47.6 Å². The first-order chi connectivity index (χ1) is 10.5. The van der Waals surface area contributed by atoms with E-state index in [1.54, 1.807) is 0 Å². The van der Waals surface area contributed by atoms with E-state index in [-0.39, 0.29) is 35.5 Å². The average Bonchev–Trinajstić information content (AvgIpc) is 3.11. The Hall–Kier alpha value is -2.16. The fourth-order valence-electron chi connectivity index (χ4n) is 4.38. The third-order valence-corrected chi connectivity index (χ3v) is 5.29. The smallest absolute Gasteiger partial charge is 0.238 e. The summed E-state index contributed by atoms with van der Waals surface area (Å²) in [7, 11) is 0. The molecule has 2 bridgehead atoms. The molecule has 22 heavy (non-hydrogen) atoms. The minimum atomic E-state index is -0.200. The first kappa shape index (κ1) is 13.5. The molecule has 3 aliphatic rings. The number of nitrogens with zero attached hydrogens (tertiary/aromatic N) is 1. The van der Waals surface area contributed by atoms with Crippen LogP contribution in [0.1, 0.15) is 19.4 Å². The minimum Gasteiger partial charge on any atom is -0.274 e. The highest BCUT2D eigenvalue weighted by atomic mass is 16.2. The van der Waals surface area contributed by atoms with Gasteiger partial charge >= 0.3 is 0 Å². The van der Waals surface area contributed by atoms with E-state index >= 15 is 0 Å². The van der Waals surface area contributed by atoms with Gasteiger partial charge in [0.25, 0.3) is 0 Å². The average molecular weight is 293 g/mol. The SMILES string of the molecule is CC(C)=C1[C@H]2C=C[C@H]1[C@H]1C(=O)N(c3ccc(C)cc3)C(=O)[C@H]12. The molecule has 4 rings (SSSR count). The van der Waals surface area contributed by atoms with E-state index in [4.69, 9.17) is 0 Å². The number of benzene rings is 1. The van der Waals surface area contributed by atoms with Crippen LogP contribution in [0, 0.1) is 30.6 Å². The second-order valence-electron chi connectivity index (χ2n) is 6.79. The van der Waals surface area contributed by atoms with Gasteiger partial charge in [-0.05, 0) is 32.9 Å². The number of imide groups is 1. The van der Waals surface area contributed by atoms with E-state index in [2.05, 4.69) is 26.0 Å². The molecule has 1 aliphatic heterocycles. The molecular weight excluding hydrogens is 274 g/mol. The molecule has 1 aromatic rings. The highest BCUT2D eigenvalue weighted by Crippen LogP contribution is 2.57. The molecule has 1 aromatic carbocycles. The molecule has 0 aromatic heterocycles. The van der Waals surface area contributed by atoms with Crippen LogP contribution in [0.4, 0.5) is 5.69 Å². The first-order valence-electron chi connectivity index (χ1n) is 7.81. The summed E-state index contributed by atoms with van der Waals surface area (Å²) in [5.74, 6) is -0.231. The minimum absolute atomic E-state index is 0.0329. The van der Waals surface area contributed by atoms with Crippen LogP contribution in [0.3, 0.4) is 0 Å². The zero-order valence-corrected chi connectivity index (χ0v) is 13.0. The zero-order chi connectivity index (χ0) is 15.6. The molecule has 112 valence electrons. The van der Waals surface area contributed by atoms with Crippen LogP contribution in [-0.2, 0) is 9.59 Å². The molecule has 0 radical (unpaired) electrons. The van der Waals surface area contributed by atoms with Gasteiger partial charge < -0.3 is 0 Å². The van der Waals surface area contributed by atoms with Gasteiger partial charge in [0.15, 0.2) is 0 Å². The lowest BCUT2D eigenvalue weighted by molar-refractivity contribution is -0.122. The van der Waals surface area contributed by atoms with Crippen molar-refractivity contribution in [3.8, 4) is 0 Å². The standard InChI is InChI=1S/C19H19NO2/c1-10(2)15-13-8-9-14(15)17-16(13)18(21)20(19(17)22)12-6-4-11(3)5-7-12/h4-9,13-14,16-17H,1-3H3/t13-,14-,16-,17+/m1/s1. The molecule has 3 heteroatoms. The molecule has 4 atom stereocenters. The molecule has 3 nitrogen and oxygen atoms in total. The van der Waals surface area contributed by atoms with E-state index in [0.29, 0.717) is 5.69 Å². The monoisotopic (exact) mass is 293 g/mol. The molecule has 0 N–H and O–H groups in total. The van der Waals surface area contributed by atoms with Crippen LogP contribution in [-0.4, -0.2) is 11.8 Å². The number of aryl methyl sites for hydroxylation is 1. The number of allylic oxidation sites excluding steroid dienone is 4. The fourth-order valence-corrected chi connectivity index (χ4v) is 4.38. The summed E-state index contributed by atoms with van der Waals surface area (Å²) in [5.41, 5.74) is 4.36. The van der Waals surface area contributed by atoms with E-state index < -0.39 is 0 Å². The van der Waals surface area contributed by atoms with E-state index in [0.717, 1.165) is 5.56 Å². The fraction of sp³-hybridized carbons (Fsp3) is 0.368. The summed E-state index contributed by atoms with van der Waals surface area (Å²) >= 11 is 0. The summed E-state index contributed by atoms with van der Waals surface area (Å²) in [6, 6.07) is 7.61. The number of amides is 2. The summed E-state index contributed by atoms with van der Waals surface area (Å²) in [6.07, 6.45) is 4.25. The van der Waals surface area contributed by atoms with Crippen molar-refractivity contribution in [2.75, 3.05) is 4.90 Å². The summed E-state index contributed by atoms with van der Waals surface area (Å²) in [4.78, 5) is 27.2. The highest BCUT2D eigenvalue weighted by molar-refractivity contribution is 6.23. The largest absolute Gasteiger partial charge is 0.274 e. The maximum atomic E-state index is 12.9. The molecule has 1 heterocycles. The van der Waals surface area contributed by atoms with Gasteiger partial charge in [-0.2, -0.15) is 0 Å². The Labute approximate surface area is 130 Å². The van der Waals surface area contributed by atoms with Crippen molar-refractivity contribution in [1.29, 1.82) is 0 Å². The van der Waals surface area contributed by atoms with Crippen molar-refractivity contribution in [3.05, 3.63) is 53.1 Å². The van der Waals surface area contributed by atoms with Gasteiger partial charge in [-0.3, -0.25) is 9.59 Å². The van der Waals surface area contributed by atoms with Gasteiger partial charge in [0.1, 0.15) is 0 Å². The molecule has 0 spiro atoms. The van der Waals surface area contributed by atoms with Crippen LogP contribution >= 0.6 is 0 Å². The van der Waals surface area contributed by atoms with E-state index in [1.165, 1.54) is 16.0 Å². The van der Waals surface area contributed by atoms with Gasteiger partial charge in [0.05, 0.1) is 17.5 Å². The van der Waals surface area contributed by atoms with Crippen LogP contribution < -0.4 is 4.90 Å². The summed E-state index contributed by atoms with van der Waals surface area (Å²) < 4.78 is 0. The lowest BCUT2D eigenvalue weighted by Crippen LogP contribution is -2.33. The molecule has 1 saturated heterocycles. The van der Waals surface area contributed by atoms with Crippen molar-refractivity contribution >= 4 is 17.5 Å². The second kappa shape index (κ2) is 4.42. The molecular formula is C19H19NO2. The molecule has 2 amide bonds. The quantitative estimate of drug-likeness (QED) is 0.589. The Balaban J connectivity index is 1.76. The topological polar surface area (TPSA) is 37.4 Å². The molecule has 0 unspecified atom stereocenters. The lowest BCUT2D eigenvalue weighted by atomic mass is 9.85. The normalized spacial score (nSPS) is 32.1. The van der Waals surface area contributed by atoms with Crippen LogP contribution in [0.5, 0.6) is 0 Å². The van der Waals surface area contributed by atoms with Crippen molar-refractivity contribution in [2.45, 2.75) is 20.8 Å². The predicted octanol–water partition coefficient (Wildman–Crippen LogP) is 3.25. The third-order valence-electron chi connectivity index (χ3n) is 5.29. The van der Waals surface area contributed by atoms with Gasteiger partial charge in [0, 0.05) is 11.8 Å². The first-order valence-corrected chi connectivity index (χ1v) is 7.81. The molecule has 2 fully saturated rings. The van der Waals surface area contributed by atoms with Gasteiger partial charge in [0.2, 0.25) is 11.8 Å². The second-order valence-corrected chi connectivity index (χ2v) is 6.79. The van der Waals surface area contributed by atoms with Crippen molar-refractivity contribution in [2.24, 2.45) is 23.7 Å². The summed E-state index contributed by atoms with van der Waals surface area (Å²) in [6.45, 7) is 6.16. The van der Waals surface area contributed by atoms with Crippen molar-refractivity contribution in [1.82, 2.24) is 0 Å². The third kappa shape index (κ3) is 1.57. The number of carbonyl (C=O) groups is 2. The van der Waals surface area contributed by atoms with Crippen LogP contribution in [0.2, 0.25) is 0 Å². The molecule has 2 aliphatic carbocycles. The van der Waals surface area contributed by atoms with Crippen molar-refractivity contribution in [3.63, 3.8) is 0 Å². The van der Waals surface area contributed by atoms with Crippen molar-refractivity contribution < 1.29 is 9.59 Å². The predicted molar refractivity (Wildman–Crippen MR) is 85.1 cm³/mol. The van der Waals surface area contributed by atoms with E-state index in [9.17, 15) is 9.59 Å². The Morgan fingerprint density at radius 1 is 0.909 bits per heavy atom. The Bertz CT molecular complexity index is 703. The number of anilines is 1. The highest BCUT2D eigenvalue weighted by Gasteiger charge is 2.61. The van der Waals surface area contributed by atoms with Gasteiger partial charge in [-0.15, -0.1) is 0 Å². The number of rotatable bonds is 1. The van der Waals surface area contributed by atoms with Gasteiger partial charge in [-0.25, -0.2) is 4.90 Å². The lowest BCUT2D eigenvalue weighted by Gasteiger charge is -2.19. The van der Waals surface area contributed by atoms with Crippen LogP contribution in [0.25, 0.3) is 0 Å². The van der Waals surface area contributed by atoms with Gasteiger partial charge in [-0.1, -0.05) is 41.0 Å². The Kier molecular flexibility index (Phi) is 2.71. The number of hydrogen-bond acceptors (Lipinski definition) is 2. The maximum Gasteiger partial charge on any atom is 0.238 e. The molecule has 1 saturated carbocycles. The Morgan fingerprint density at radius 2 is 1.41 bits per heavy atom. The number of carbonyl (C=O) groups excluding carboxylic acids is 2. The van der Waals surface area contributed by atoms with E-state index in [1.807, 2.05) is 31.2 Å². The zero-order valence-electron chi connectivity index (χ0n) is 13.0. The number of fused-ring (bicyclic) bond motifs is 5. The maximum absolute atomic E-state index is 12.9.